The lowest BCUT2D eigenvalue weighted by molar-refractivity contribution is 0.131. The Balaban J connectivity index is 3.73. The zero-order valence-electron chi connectivity index (χ0n) is 9.00. The molecule has 17 heavy (non-hydrogen) atoms. The maximum atomic E-state index is 10.5. The Bertz CT molecular complexity index is 321. The Morgan fingerprint density at radius 2 is 1.35 bits per heavy atom. The van der Waals surface area contributed by atoms with Crippen LogP contribution in [0.4, 0.5) is 0 Å². The molecule has 0 rings (SSSR count). The van der Waals surface area contributed by atoms with Crippen LogP contribution >= 0.6 is 0 Å². The molecule has 0 heterocycles. The van der Waals surface area contributed by atoms with Gasteiger partial charge >= 0.3 is 0 Å². The average Bonchev–Trinajstić information content (AvgIpc) is 2.27. The summed E-state index contributed by atoms with van der Waals surface area (Å²) in [7, 11) is 0. The largest absolute Gasteiger partial charge is 0.771 e. The fraction of sp³-hybridized carbons (Fsp3) is 0.600. The van der Waals surface area contributed by atoms with Crippen molar-refractivity contribution >= 4 is 22.2 Å². The smallest absolute Gasteiger partial charge is 0.0843 e. The van der Waals surface area contributed by atoms with E-state index in [0.717, 1.165) is 0 Å². The highest BCUT2D eigenvalue weighted by Crippen LogP contribution is 2.02. The molecule has 0 aromatic carbocycles. The van der Waals surface area contributed by atoms with E-state index in [-0.39, 0.29) is 26.1 Å². The summed E-state index contributed by atoms with van der Waals surface area (Å²) in [5, 5.41) is -1.76. The van der Waals surface area contributed by atoms with Gasteiger partial charge in [-0.05, 0) is 35.0 Å². The Labute approximate surface area is 106 Å². The van der Waals surface area contributed by atoms with Crippen LogP contribution in [0.3, 0.4) is 0 Å². The van der Waals surface area contributed by atoms with E-state index in [2.05, 4.69) is 11.8 Å². The van der Waals surface area contributed by atoms with Crippen molar-refractivity contribution in [2.45, 2.75) is 23.3 Å². The highest BCUT2D eigenvalue weighted by atomic mass is 32.2. The molecule has 0 radical (unpaired) electrons. The number of hydrogen-bond acceptors (Lipinski definition) is 5. The third kappa shape index (κ3) is 7.27. The molecule has 7 heteroatoms. The Morgan fingerprint density at radius 3 is 1.59 bits per heavy atom. The standard InChI is InChI=1S/C10H14O5S2/c1-3-9(16(11)12)5-7-15-8-6-10(4-2)17(13)14/h1-2,9-10H,5-8H2,(H,11,12)(H,13,14)/p-2. The van der Waals surface area contributed by atoms with Gasteiger partial charge in [0.05, 0.1) is 10.5 Å². The van der Waals surface area contributed by atoms with E-state index in [0.29, 0.717) is 0 Å². The first-order valence-electron chi connectivity index (χ1n) is 4.69. The quantitative estimate of drug-likeness (QED) is 0.340. The summed E-state index contributed by atoms with van der Waals surface area (Å²) >= 11 is -4.65. The van der Waals surface area contributed by atoms with Gasteiger partial charge in [0, 0.05) is 13.2 Å². The normalized spacial score (nSPS) is 17.4. The van der Waals surface area contributed by atoms with Crippen LogP contribution in [-0.4, -0.2) is 41.2 Å². The van der Waals surface area contributed by atoms with Crippen molar-refractivity contribution in [3.63, 3.8) is 0 Å². The Kier molecular flexibility index (Phi) is 8.96. The fourth-order valence-corrected chi connectivity index (χ4v) is 1.75. The summed E-state index contributed by atoms with van der Waals surface area (Å²) in [4.78, 5) is 0. The third-order valence-corrected chi connectivity index (χ3v) is 3.56. The summed E-state index contributed by atoms with van der Waals surface area (Å²) in [6.45, 7) is 0.289. The molecule has 0 spiro atoms. The molecule has 4 unspecified atom stereocenters. The minimum absolute atomic E-state index is 0.144. The molecule has 96 valence electrons. The Hall–Kier alpha value is -0.700. The molecule has 0 aromatic rings. The van der Waals surface area contributed by atoms with Crippen molar-refractivity contribution in [2.75, 3.05) is 13.2 Å². The molecule has 5 nitrogen and oxygen atoms in total. The molecule has 0 N–H and O–H groups in total. The number of ether oxygens (including phenoxy) is 1. The van der Waals surface area contributed by atoms with Gasteiger partial charge in [0.15, 0.2) is 0 Å². The van der Waals surface area contributed by atoms with Gasteiger partial charge in [-0.1, -0.05) is 11.8 Å². The van der Waals surface area contributed by atoms with E-state index < -0.39 is 32.7 Å². The van der Waals surface area contributed by atoms with E-state index in [1.54, 1.807) is 0 Å². The van der Waals surface area contributed by atoms with Gasteiger partial charge < -0.3 is 13.8 Å². The molecule has 0 aliphatic carbocycles. The second-order valence-corrected chi connectivity index (χ2v) is 5.20. The van der Waals surface area contributed by atoms with Gasteiger partial charge in [0.1, 0.15) is 0 Å². The van der Waals surface area contributed by atoms with Crippen molar-refractivity contribution in [1.82, 2.24) is 0 Å². The van der Waals surface area contributed by atoms with Gasteiger partial charge in [-0.2, -0.15) is 0 Å². The first-order chi connectivity index (χ1) is 8.02. The highest BCUT2D eigenvalue weighted by molar-refractivity contribution is 7.80. The average molecular weight is 276 g/mol. The zero-order valence-corrected chi connectivity index (χ0v) is 10.6. The molecule has 0 aromatic heterocycles. The van der Waals surface area contributed by atoms with Crippen LogP contribution in [0.2, 0.25) is 0 Å². The lowest BCUT2D eigenvalue weighted by Gasteiger charge is -2.15. The second kappa shape index (κ2) is 9.34. The molecule has 0 bridgehead atoms. The number of terminal acetylenes is 2. The molecule has 0 fully saturated rings. The van der Waals surface area contributed by atoms with Crippen LogP contribution in [0.25, 0.3) is 0 Å². The highest BCUT2D eigenvalue weighted by Gasteiger charge is 2.07. The maximum Gasteiger partial charge on any atom is 0.0843 e. The van der Waals surface area contributed by atoms with Crippen molar-refractivity contribution < 1.29 is 22.3 Å². The SMILES string of the molecule is C#CC(CCOCCC(C#C)S(=O)[O-])S(=O)[O-]. The number of hydrogen-bond donors (Lipinski definition) is 0. The topological polar surface area (TPSA) is 89.5 Å². The molecule has 0 saturated heterocycles. The molecule has 4 atom stereocenters. The summed E-state index contributed by atoms with van der Waals surface area (Å²) in [5.41, 5.74) is 0. The summed E-state index contributed by atoms with van der Waals surface area (Å²) in [6, 6.07) is 0. The predicted molar refractivity (Wildman–Crippen MR) is 63.1 cm³/mol. The van der Waals surface area contributed by atoms with Crippen molar-refractivity contribution in [3.05, 3.63) is 0 Å². The lowest BCUT2D eigenvalue weighted by Crippen LogP contribution is -2.18. The molecule has 0 saturated carbocycles. The number of rotatable bonds is 8. The van der Waals surface area contributed by atoms with Gasteiger partial charge in [-0.3, -0.25) is 8.42 Å². The summed E-state index contributed by atoms with van der Waals surface area (Å²) in [6.07, 6.45) is 10.3. The monoisotopic (exact) mass is 276 g/mol. The first-order valence-corrected chi connectivity index (χ1v) is 6.96. The van der Waals surface area contributed by atoms with Crippen molar-refractivity contribution in [2.24, 2.45) is 0 Å². The van der Waals surface area contributed by atoms with Crippen LogP contribution in [-0.2, 0) is 26.9 Å². The predicted octanol–water partition coefficient (Wildman–Crippen LogP) is -0.455. The maximum absolute atomic E-state index is 10.5. The van der Waals surface area contributed by atoms with E-state index in [9.17, 15) is 17.5 Å². The minimum Gasteiger partial charge on any atom is -0.771 e. The molecule has 0 amide bonds. The zero-order chi connectivity index (χ0) is 13.3. The van der Waals surface area contributed by atoms with E-state index in [1.807, 2.05) is 0 Å². The summed E-state index contributed by atoms with van der Waals surface area (Å²) < 4.78 is 47.2. The van der Waals surface area contributed by atoms with E-state index >= 15 is 0 Å². The van der Waals surface area contributed by atoms with E-state index in [4.69, 9.17) is 17.6 Å². The molecule has 0 aliphatic rings. The van der Waals surface area contributed by atoms with Crippen LogP contribution in [0, 0.1) is 24.7 Å². The van der Waals surface area contributed by atoms with Crippen LogP contribution in [0.15, 0.2) is 0 Å². The van der Waals surface area contributed by atoms with Crippen LogP contribution < -0.4 is 0 Å². The van der Waals surface area contributed by atoms with Gasteiger partial charge in [0.2, 0.25) is 0 Å². The van der Waals surface area contributed by atoms with Gasteiger partial charge in [-0.25, -0.2) is 0 Å². The van der Waals surface area contributed by atoms with Crippen molar-refractivity contribution in [3.8, 4) is 24.7 Å². The summed E-state index contributed by atoms with van der Waals surface area (Å²) in [5.74, 6) is 4.21. The Morgan fingerprint density at radius 1 is 1.00 bits per heavy atom. The second-order valence-electron chi connectivity index (χ2n) is 3.02. The van der Waals surface area contributed by atoms with E-state index in [1.165, 1.54) is 0 Å². The molecular formula is C10H12O5S2-2. The first kappa shape index (κ1) is 16.3. The van der Waals surface area contributed by atoms with Gasteiger partial charge in [-0.15, -0.1) is 12.8 Å². The minimum atomic E-state index is -2.32. The van der Waals surface area contributed by atoms with Gasteiger partial charge in [0.25, 0.3) is 0 Å². The molecule has 0 aliphatic heterocycles. The lowest BCUT2D eigenvalue weighted by atomic mass is 10.3. The molecular weight excluding hydrogens is 264 g/mol. The van der Waals surface area contributed by atoms with Crippen LogP contribution in [0.1, 0.15) is 12.8 Å². The third-order valence-electron chi connectivity index (χ3n) is 1.89. The van der Waals surface area contributed by atoms with Crippen LogP contribution in [0.5, 0.6) is 0 Å². The van der Waals surface area contributed by atoms with Crippen molar-refractivity contribution in [1.29, 1.82) is 0 Å². The fourth-order valence-electron chi connectivity index (χ4n) is 0.953.